The number of methoxy groups -OCH3 is 1. The molecule has 0 bridgehead atoms. The molecule has 14 heavy (non-hydrogen) atoms. The van der Waals surface area contributed by atoms with Crippen molar-refractivity contribution in [2.45, 2.75) is 0 Å². The van der Waals surface area contributed by atoms with Gasteiger partial charge >= 0.3 is 5.97 Å². The van der Waals surface area contributed by atoms with Crippen molar-refractivity contribution in [3.63, 3.8) is 0 Å². The molecule has 1 aromatic heterocycles. The average Bonchev–Trinajstić information content (AvgIpc) is 2.59. The first-order valence-electron chi connectivity index (χ1n) is 3.89. The van der Waals surface area contributed by atoms with E-state index in [-0.39, 0.29) is 5.69 Å². The van der Waals surface area contributed by atoms with Crippen LogP contribution in [-0.2, 0) is 0 Å². The number of hydrogen-bond donors (Lipinski definition) is 1. The van der Waals surface area contributed by atoms with Crippen LogP contribution in [0.2, 0.25) is 0 Å². The molecular formula is C9H7NO4. The van der Waals surface area contributed by atoms with E-state index in [2.05, 4.69) is 5.16 Å². The molecule has 0 saturated carbocycles. The first-order valence-corrected chi connectivity index (χ1v) is 3.89. The number of carboxylic acids is 1. The minimum atomic E-state index is -1.10. The van der Waals surface area contributed by atoms with Gasteiger partial charge in [0.25, 0.3) is 0 Å². The molecule has 0 aliphatic rings. The second-order valence-electron chi connectivity index (χ2n) is 2.70. The van der Waals surface area contributed by atoms with Crippen LogP contribution in [0.25, 0.3) is 11.0 Å². The van der Waals surface area contributed by atoms with Crippen molar-refractivity contribution in [1.82, 2.24) is 5.16 Å². The van der Waals surface area contributed by atoms with Crippen LogP contribution in [0, 0.1) is 0 Å². The van der Waals surface area contributed by atoms with E-state index in [1.54, 1.807) is 18.2 Å². The maximum Gasteiger partial charge on any atom is 0.358 e. The number of hydrogen-bond acceptors (Lipinski definition) is 4. The molecule has 0 spiro atoms. The van der Waals surface area contributed by atoms with Crippen LogP contribution in [0.5, 0.6) is 5.75 Å². The summed E-state index contributed by atoms with van der Waals surface area (Å²) in [5.74, 6) is -0.500. The van der Waals surface area contributed by atoms with Crippen LogP contribution in [0.15, 0.2) is 22.7 Å². The number of fused-ring (bicyclic) bond motifs is 1. The van der Waals surface area contributed by atoms with Crippen molar-refractivity contribution in [1.29, 1.82) is 0 Å². The van der Waals surface area contributed by atoms with Gasteiger partial charge in [-0.3, -0.25) is 0 Å². The van der Waals surface area contributed by atoms with Gasteiger partial charge in [-0.25, -0.2) is 4.79 Å². The van der Waals surface area contributed by atoms with Crippen molar-refractivity contribution >= 4 is 16.9 Å². The number of nitrogens with zero attached hydrogens (tertiary/aromatic N) is 1. The molecule has 0 radical (unpaired) electrons. The summed E-state index contributed by atoms with van der Waals surface area (Å²) in [6.07, 6.45) is 0. The Morgan fingerprint density at radius 3 is 3.00 bits per heavy atom. The van der Waals surface area contributed by atoms with Crippen LogP contribution in [0.3, 0.4) is 0 Å². The lowest BCUT2D eigenvalue weighted by Gasteiger charge is -1.96. The Morgan fingerprint density at radius 2 is 2.36 bits per heavy atom. The molecule has 1 aromatic carbocycles. The van der Waals surface area contributed by atoms with Crippen molar-refractivity contribution < 1.29 is 19.2 Å². The molecule has 1 heterocycles. The Kier molecular flexibility index (Phi) is 1.85. The smallest absolute Gasteiger partial charge is 0.358 e. The van der Waals surface area contributed by atoms with Crippen molar-refractivity contribution in [2.24, 2.45) is 0 Å². The Labute approximate surface area is 78.9 Å². The summed E-state index contributed by atoms with van der Waals surface area (Å²) in [6, 6.07) is 4.86. The third-order valence-electron chi connectivity index (χ3n) is 1.88. The van der Waals surface area contributed by atoms with Crippen LogP contribution in [0.1, 0.15) is 10.5 Å². The summed E-state index contributed by atoms with van der Waals surface area (Å²) in [4.78, 5) is 10.7. The van der Waals surface area contributed by atoms with E-state index in [1.165, 1.54) is 7.11 Å². The van der Waals surface area contributed by atoms with E-state index in [9.17, 15) is 4.79 Å². The number of carboxylic acid groups (broad SMARTS) is 1. The highest BCUT2D eigenvalue weighted by Crippen LogP contribution is 2.23. The zero-order chi connectivity index (χ0) is 10.1. The lowest BCUT2D eigenvalue weighted by molar-refractivity contribution is 0.0688. The lowest BCUT2D eigenvalue weighted by atomic mass is 10.2. The number of aromatic nitrogens is 1. The van der Waals surface area contributed by atoms with Crippen LogP contribution in [0.4, 0.5) is 0 Å². The predicted molar refractivity (Wildman–Crippen MR) is 47.5 cm³/mol. The molecule has 0 atom stereocenters. The van der Waals surface area contributed by atoms with Gasteiger partial charge in [-0.15, -0.1) is 0 Å². The van der Waals surface area contributed by atoms with Gasteiger partial charge in [0.2, 0.25) is 0 Å². The normalized spacial score (nSPS) is 10.4. The Hall–Kier alpha value is -2.04. The van der Waals surface area contributed by atoms with E-state index in [0.29, 0.717) is 16.7 Å². The minimum Gasteiger partial charge on any atom is -0.497 e. The summed E-state index contributed by atoms with van der Waals surface area (Å²) in [7, 11) is 1.52. The third kappa shape index (κ3) is 1.19. The van der Waals surface area contributed by atoms with Crippen LogP contribution >= 0.6 is 0 Å². The zero-order valence-electron chi connectivity index (χ0n) is 7.35. The van der Waals surface area contributed by atoms with E-state index in [4.69, 9.17) is 14.4 Å². The molecule has 5 nitrogen and oxygen atoms in total. The maximum absolute atomic E-state index is 10.7. The quantitative estimate of drug-likeness (QED) is 0.782. The van der Waals surface area contributed by atoms with Gasteiger partial charge < -0.3 is 14.4 Å². The standard InChI is InChI=1S/C9H7NO4/c1-13-5-2-3-6-7(4-5)14-10-8(6)9(11)12/h2-4H,1H3,(H,11,12). The fourth-order valence-corrected chi connectivity index (χ4v) is 1.20. The van der Waals surface area contributed by atoms with Crippen LogP contribution < -0.4 is 4.74 Å². The monoisotopic (exact) mass is 193 g/mol. The molecule has 0 aliphatic heterocycles. The Balaban J connectivity index is 2.65. The van der Waals surface area contributed by atoms with Crippen molar-refractivity contribution in [2.75, 3.05) is 7.11 Å². The molecule has 2 aromatic rings. The summed E-state index contributed by atoms with van der Waals surface area (Å²) < 4.78 is 9.80. The van der Waals surface area contributed by atoms with Gasteiger partial charge in [0.05, 0.1) is 12.5 Å². The molecule has 0 aliphatic carbocycles. The Morgan fingerprint density at radius 1 is 1.57 bits per heavy atom. The fourth-order valence-electron chi connectivity index (χ4n) is 1.20. The van der Waals surface area contributed by atoms with E-state index < -0.39 is 5.97 Å². The van der Waals surface area contributed by atoms with E-state index in [1.807, 2.05) is 0 Å². The van der Waals surface area contributed by atoms with E-state index >= 15 is 0 Å². The molecule has 0 unspecified atom stereocenters. The van der Waals surface area contributed by atoms with Gasteiger partial charge in [0.15, 0.2) is 11.3 Å². The van der Waals surface area contributed by atoms with E-state index in [0.717, 1.165) is 0 Å². The highest BCUT2D eigenvalue weighted by atomic mass is 16.5. The predicted octanol–water partition coefficient (Wildman–Crippen LogP) is 1.53. The molecular weight excluding hydrogens is 186 g/mol. The number of rotatable bonds is 2. The van der Waals surface area contributed by atoms with Gasteiger partial charge in [0, 0.05) is 6.07 Å². The average molecular weight is 193 g/mol. The summed E-state index contributed by atoms with van der Waals surface area (Å²) in [5, 5.41) is 12.7. The third-order valence-corrected chi connectivity index (χ3v) is 1.88. The number of aromatic carboxylic acids is 1. The van der Waals surface area contributed by atoms with Crippen LogP contribution in [-0.4, -0.2) is 23.3 Å². The maximum atomic E-state index is 10.7. The van der Waals surface area contributed by atoms with Gasteiger partial charge in [-0.1, -0.05) is 5.16 Å². The molecule has 1 N–H and O–H groups in total. The molecule has 72 valence electrons. The topological polar surface area (TPSA) is 72.6 Å². The molecule has 5 heteroatoms. The van der Waals surface area contributed by atoms with Gasteiger partial charge in [-0.2, -0.15) is 0 Å². The Bertz CT molecular complexity index is 489. The van der Waals surface area contributed by atoms with Gasteiger partial charge in [-0.05, 0) is 12.1 Å². The highest BCUT2D eigenvalue weighted by Gasteiger charge is 2.14. The highest BCUT2D eigenvalue weighted by molar-refractivity contribution is 6.00. The van der Waals surface area contributed by atoms with Crippen molar-refractivity contribution in [3.05, 3.63) is 23.9 Å². The van der Waals surface area contributed by atoms with Crippen molar-refractivity contribution in [3.8, 4) is 5.75 Å². The molecule has 2 rings (SSSR count). The summed E-state index contributed by atoms with van der Waals surface area (Å²) >= 11 is 0. The molecule has 0 saturated heterocycles. The minimum absolute atomic E-state index is 0.0809. The summed E-state index contributed by atoms with van der Waals surface area (Å²) in [5.41, 5.74) is 0.324. The molecule has 0 amide bonds. The van der Waals surface area contributed by atoms with Gasteiger partial charge in [0.1, 0.15) is 5.75 Å². The number of carbonyl (C=O) groups is 1. The fraction of sp³-hybridized carbons (Fsp3) is 0.111. The SMILES string of the molecule is COc1ccc2c(C(=O)O)noc2c1. The number of ether oxygens (including phenoxy) is 1. The first-order chi connectivity index (χ1) is 6.72. The molecule has 0 fully saturated rings. The lowest BCUT2D eigenvalue weighted by Crippen LogP contribution is -1.96. The second-order valence-corrected chi connectivity index (χ2v) is 2.70. The number of benzene rings is 1. The largest absolute Gasteiger partial charge is 0.497 e. The zero-order valence-corrected chi connectivity index (χ0v) is 7.35. The summed E-state index contributed by atoms with van der Waals surface area (Å²) in [6.45, 7) is 0. The second kappa shape index (κ2) is 3.02. The first kappa shape index (κ1) is 8.55.